The van der Waals surface area contributed by atoms with Crippen LogP contribution < -0.4 is 16.0 Å². The summed E-state index contributed by atoms with van der Waals surface area (Å²) in [5, 5.41) is 12.6. The molecule has 0 radical (unpaired) electrons. The zero-order valence-corrected chi connectivity index (χ0v) is 28.2. The highest BCUT2D eigenvalue weighted by atomic mass is 16.5. The minimum atomic E-state index is 0.452. The highest BCUT2D eigenvalue weighted by Crippen LogP contribution is 2.51. The predicted octanol–water partition coefficient (Wildman–Crippen LogP) is 8.23. The van der Waals surface area contributed by atoms with E-state index in [1.165, 1.54) is 167 Å². The van der Waals surface area contributed by atoms with Gasteiger partial charge in [0.1, 0.15) is 0 Å². The number of hydrogen-bond donors (Lipinski definition) is 3. The van der Waals surface area contributed by atoms with Crippen molar-refractivity contribution in [1.82, 2.24) is 20.9 Å². The van der Waals surface area contributed by atoms with Gasteiger partial charge in [0.2, 0.25) is 0 Å². The summed E-state index contributed by atoms with van der Waals surface area (Å²) in [4.78, 5) is 3.18. The number of hydrogen-bond acceptors (Lipinski definition) is 5. The maximum atomic E-state index is 7.41. The Morgan fingerprint density at radius 1 is 0.386 bits per heavy atom. The van der Waals surface area contributed by atoms with Gasteiger partial charge in [-0.05, 0) is 113 Å². The number of ether oxygens (including phenoxy) is 1. The summed E-state index contributed by atoms with van der Waals surface area (Å²) in [6, 6.07) is 2.45. The Kier molecular flexibility index (Phi) is 10.3. The summed E-state index contributed by atoms with van der Waals surface area (Å²) < 4.78 is 7.41. The van der Waals surface area contributed by atoms with Crippen LogP contribution in [0.15, 0.2) is 0 Å². The van der Waals surface area contributed by atoms with E-state index in [1.54, 1.807) is 0 Å². The molecule has 5 nitrogen and oxygen atoms in total. The molecule has 6 saturated carbocycles. The Bertz CT molecular complexity index is 855. The Hall–Kier alpha value is -0.200. The molecule has 44 heavy (non-hydrogen) atoms. The van der Waals surface area contributed by atoms with E-state index in [0.29, 0.717) is 42.7 Å². The molecule has 10 unspecified atom stereocenters. The second-order valence-corrected chi connectivity index (χ2v) is 17.3. The smallest absolute Gasteiger partial charge is 0.0734 e. The summed E-state index contributed by atoms with van der Waals surface area (Å²) in [5.41, 5.74) is 0. The van der Waals surface area contributed by atoms with Gasteiger partial charge in [0, 0.05) is 18.1 Å². The third-order valence-corrected chi connectivity index (χ3v) is 14.8. The molecule has 250 valence electrons. The molecule has 0 amide bonds. The van der Waals surface area contributed by atoms with Crippen LogP contribution in [0.1, 0.15) is 167 Å². The van der Waals surface area contributed by atoms with Crippen molar-refractivity contribution in [3.05, 3.63) is 0 Å². The van der Waals surface area contributed by atoms with E-state index in [0.717, 1.165) is 35.8 Å². The van der Waals surface area contributed by atoms with E-state index in [1.807, 2.05) is 0 Å². The first-order chi connectivity index (χ1) is 21.8. The number of rotatable bonds is 6. The van der Waals surface area contributed by atoms with E-state index in [-0.39, 0.29) is 0 Å². The Labute approximate surface area is 270 Å². The standard InChI is InChI=1S/C39H68N4O/c1-3-14-27(15-4-1)37-40-38(28-16-5-2-6-17-28)42-39(41-37)29-18-13-19-30(26-29)44-36-25-12-11-24-35(36)43-33-22-9-7-20-31(33)32-21-8-10-23-34(32)43/h27-42H,1-26H2. The number of nitrogens with one attached hydrogen (secondary N) is 3. The number of likely N-dealkylation sites (tertiary alicyclic amines) is 1. The summed E-state index contributed by atoms with van der Waals surface area (Å²) >= 11 is 0. The van der Waals surface area contributed by atoms with Gasteiger partial charge in [0.25, 0.3) is 0 Å². The third kappa shape index (κ3) is 6.58. The van der Waals surface area contributed by atoms with Crippen molar-refractivity contribution < 1.29 is 4.74 Å². The van der Waals surface area contributed by atoms with E-state index in [2.05, 4.69) is 20.9 Å². The molecule has 0 spiro atoms. The van der Waals surface area contributed by atoms with Crippen LogP contribution in [0.2, 0.25) is 0 Å². The molecule has 2 saturated heterocycles. The van der Waals surface area contributed by atoms with Crippen LogP contribution in [-0.4, -0.2) is 53.7 Å². The van der Waals surface area contributed by atoms with Crippen LogP contribution in [0.4, 0.5) is 0 Å². The molecule has 0 bridgehead atoms. The second kappa shape index (κ2) is 14.5. The summed E-state index contributed by atoms with van der Waals surface area (Å²) in [7, 11) is 0. The Morgan fingerprint density at radius 3 is 1.43 bits per heavy atom. The molecule has 0 aromatic carbocycles. The van der Waals surface area contributed by atoms with Gasteiger partial charge in [-0.1, -0.05) is 83.5 Å². The lowest BCUT2D eigenvalue weighted by Crippen LogP contribution is -2.72. The van der Waals surface area contributed by atoms with Crippen LogP contribution in [0.3, 0.4) is 0 Å². The van der Waals surface area contributed by atoms with Crippen molar-refractivity contribution >= 4 is 0 Å². The van der Waals surface area contributed by atoms with Gasteiger partial charge >= 0.3 is 0 Å². The molecular formula is C39H68N4O. The second-order valence-electron chi connectivity index (χ2n) is 17.3. The maximum Gasteiger partial charge on any atom is 0.0734 e. The first-order valence-corrected chi connectivity index (χ1v) is 20.5. The lowest BCUT2D eigenvalue weighted by molar-refractivity contribution is -0.108. The van der Waals surface area contributed by atoms with Gasteiger partial charge in [-0.3, -0.25) is 20.9 Å². The van der Waals surface area contributed by atoms with Gasteiger partial charge in [-0.15, -0.1) is 0 Å². The van der Waals surface area contributed by atoms with E-state index in [9.17, 15) is 0 Å². The molecule has 2 aliphatic heterocycles. The minimum absolute atomic E-state index is 0.452. The van der Waals surface area contributed by atoms with Crippen LogP contribution in [0.5, 0.6) is 0 Å². The molecular weight excluding hydrogens is 540 g/mol. The lowest BCUT2D eigenvalue weighted by atomic mass is 9.73. The number of nitrogens with zero attached hydrogens (tertiary/aromatic N) is 1. The fourth-order valence-electron chi connectivity index (χ4n) is 12.7. The van der Waals surface area contributed by atoms with Crippen molar-refractivity contribution in [2.24, 2.45) is 29.6 Å². The van der Waals surface area contributed by atoms with Crippen LogP contribution in [0, 0.1) is 29.6 Å². The quantitative estimate of drug-likeness (QED) is 0.284. The van der Waals surface area contributed by atoms with E-state index in [4.69, 9.17) is 4.74 Å². The zero-order valence-electron chi connectivity index (χ0n) is 28.2. The van der Waals surface area contributed by atoms with Gasteiger partial charge in [0.05, 0.1) is 30.7 Å². The zero-order chi connectivity index (χ0) is 29.3. The monoisotopic (exact) mass is 609 g/mol. The van der Waals surface area contributed by atoms with Gasteiger partial charge in [-0.2, -0.15) is 0 Å². The maximum absolute atomic E-state index is 7.41. The average Bonchev–Trinajstić information content (AvgIpc) is 3.43. The molecule has 6 aliphatic carbocycles. The van der Waals surface area contributed by atoms with Crippen molar-refractivity contribution in [3.8, 4) is 0 Å². The van der Waals surface area contributed by atoms with Gasteiger partial charge in [-0.25, -0.2) is 0 Å². The topological polar surface area (TPSA) is 48.6 Å². The van der Waals surface area contributed by atoms with Gasteiger partial charge in [0.15, 0.2) is 0 Å². The van der Waals surface area contributed by atoms with Crippen molar-refractivity contribution in [1.29, 1.82) is 0 Å². The highest BCUT2D eigenvalue weighted by Gasteiger charge is 2.53. The largest absolute Gasteiger partial charge is 0.373 e. The normalized spacial score (nSPS) is 46.8. The fourth-order valence-corrected chi connectivity index (χ4v) is 12.7. The van der Waals surface area contributed by atoms with E-state index < -0.39 is 0 Å². The van der Waals surface area contributed by atoms with Crippen molar-refractivity contribution in [3.63, 3.8) is 0 Å². The number of fused-ring (bicyclic) bond motifs is 3. The molecule has 3 N–H and O–H groups in total. The SMILES string of the molecule is C1CCC(C2NC(C3CCCCC3)NC(C3CCCC(OC4CCCCC4N4C5CCCCC5C5CCCCC54)C3)N2)CC1. The van der Waals surface area contributed by atoms with Crippen molar-refractivity contribution in [2.75, 3.05) is 0 Å². The van der Waals surface area contributed by atoms with Crippen molar-refractivity contribution in [2.45, 2.75) is 216 Å². The minimum Gasteiger partial charge on any atom is -0.373 e. The highest BCUT2D eigenvalue weighted by molar-refractivity contribution is 5.06. The Morgan fingerprint density at radius 2 is 0.841 bits per heavy atom. The first-order valence-electron chi connectivity index (χ1n) is 20.5. The molecule has 8 fully saturated rings. The third-order valence-electron chi connectivity index (χ3n) is 14.8. The summed E-state index contributed by atoms with van der Waals surface area (Å²) in [6.07, 6.45) is 39.4. The van der Waals surface area contributed by atoms with Gasteiger partial charge < -0.3 is 4.74 Å². The fraction of sp³-hybridized carbons (Fsp3) is 1.00. The van der Waals surface area contributed by atoms with Crippen LogP contribution in [0.25, 0.3) is 0 Å². The molecule has 2 heterocycles. The molecule has 8 aliphatic rings. The first kappa shape index (κ1) is 31.1. The summed E-state index contributed by atoms with van der Waals surface area (Å²) in [5.74, 6) is 4.33. The Balaban J connectivity index is 0.950. The summed E-state index contributed by atoms with van der Waals surface area (Å²) in [6.45, 7) is 0. The lowest BCUT2D eigenvalue weighted by Gasteiger charge is -2.50. The molecule has 10 atom stereocenters. The average molecular weight is 609 g/mol. The van der Waals surface area contributed by atoms with Crippen LogP contribution in [-0.2, 0) is 4.74 Å². The molecule has 0 aromatic rings. The predicted molar refractivity (Wildman–Crippen MR) is 180 cm³/mol. The molecule has 0 aromatic heterocycles. The molecule has 5 heteroatoms. The molecule has 8 rings (SSSR count). The van der Waals surface area contributed by atoms with E-state index >= 15 is 0 Å². The van der Waals surface area contributed by atoms with Crippen LogP contribution >= 0.6 is 0 Å².